The van der Waals surface area contributed by atoms with Gasteiger partial charge in [-0.3, -0.25) is 0 Å². The van der Waals surface area contributed by atoms with E-state index in [0.29, 0.717) is 0 Å². The van der Waals surface area contributed by atoms with Gasteiger partial charge in [0.05, 0.1) is 0 Å². The van der Waals surface area contributed by atoms with Crippen LogP contribution in [-0.2, 0) is 0 Å². The van der Waals surface area contributed by atoms with Crippen LogP contribution in [0.4, 0.5) is 5.69 Å². The first-order valence-electron chi connectivity index (χ1n) is 5.73. The Bertz CT molecular complexity index is 306. The SMILES string of the molecule is c1ccc(N[C@@H]2C[C@H]3CC[C@H]2C3)cc1. The fourth-order valence-corrected chi connectivity index (χ4v) is 3.17. The first-order chi connectivity index (χ1) is 6.92. The molecular formula is C13H17N. The molecule has 1 N–H and O–H groups in total. The third-order valence-corrected chi connectivity index (χ3v) is 3.86. The van der Waals surface area contributed by atoms with Gasteiger partial charge in [-0.2, -0.15) is 0 Å². The van der Waals surface area contributed by atoms with Crippen LogP contribution in [0.1, 0.15) is 25.7 Å². The maximum atomic E-state index is 3.67. The van der Waals surface area contributed by atoms with Crippen molar-refractivity contribution in [3.63, 3.8) is 0 Å². The standard InChI is InChI=1S/C13H17N/c1-2-4-12(5-3-1)14-13-9-10-6-7-11(13)8-10/h1-5,10-11,13-14H,6-9H2/t10-,11-,13+/m0/s1. The minimum atomic E-state index is 0.760. The highest BCUT2D eigenvalue weighted by atomic mass is 14.9. The van der Waals surface area contributed by atoms with Crippen molar-refractivity contribution in [2.75, 3.05) is 5.32 Å². The number of nitrogens with one attached hydrogen (secondary N) is 1. The molecule has 14 heavy (non-hydrogen) atoms. The summed E-state index contributed by atoms with van der Waals surface area (Å²) in [5, 5.41) is 3.67. The van der Waals surface area contributed by atoms with Crippen LogP contribution in [0.3, 0.4) is 0 Å². The average Bonchev–Trinajstić information content (AvgIpc) is 2.81. The monoisotopic (exact) mass is 187 g/mol. The summed E-state index contributed by atoms with van der Waals surface area (Å²) in [7, 11) is 0. The topological polar surface area (TPSA) is 12.0 Å². The van der Waals surface area contributed by atoms with E-state index in [0.717, 1.165) is 17.9 Å². The summed E-state index contributed by atoms with van der Waals surface area (Å²) in [5.74, 6) is 1.99. The smallest absolute Gasteiger partial charge is 0.0342 e. The maximum Gasteiger partial charge on any atom is 0.0342 e. The number of hydrogen-bond donors (Lipinski definition) is 1. The molecule has 0 saturated heterocycles. The largest absolute Gasteiger partial charge is 0.382 e. The van der Waals surface area contributed by atoms with E-state index in [4.69, 9.17) is 0 Å². The second-order valence-corrected chi connectivity index (χ2v) is 4.79. The van der Waals surface area contributed by atoms with E-state index in [1.54, 1.807) is 0 Å². The Kier molecular flexibility index (Phi) is 1.97. The van der Waals surface area contributed by atoms with Crippen LogP contribution >= 0.6 is 0 Å². The van der Waals surface area contributed by atoms with E-state index in [-0.39, 0.29) is 0 Å². The lowest BCUT2D eigenvalue weighted by Gasteiger charge is -2.23. The molecule has 0 spiro atoms. The zero-order valence-corrected chi connectivity index (χ0v) is 8.45. The van der Waals surface area contributed by atoms with Crippen molar-refractivity contribution in [3.05, 3.63) is 30.3 Å². The number of para-hydroxylation sites is 1. The van der Waals surface area contributed by atoms with Gasteiger partial charge in [0.15, 0.2) is 0 Å². The molecule has 1 aromatic rings. The summed E-state index contributed by atoms with van der Waals surface area (Å²) in [5.41, 5.74) is 1.30. The molecule has 74 valence electrons. The second kappa shape index (κ2) is 3.30. The molecule has 0 aromatic heterocycles. The van der Waals surface area contributed by atoms with E-state index in [1.807, 2.05) is 0 Å². The van der Waals surface area contributed by atoms with Crippen LogP contribution in [0.15, 0.2) is 30.3 Å². The quantitative estimate of drug-likeness (QED) is 0.749. The third kappa shape index (κ3) is 1.41. The zero-order chi connectivity index (χ0) is 9.38. The van der Waals surface area contributed by atoms with Gasteiger partial charge >= 0.3 is 0 Å². The molecule has 2 bridgehead atoms. The Morgan fingerprint density at radius 1 is 1.00 bits per heavy atom. The normalized spacial score (nSPS) is 34.7. The molecule has 1 heteroatoms. The molecule has 3 rings (SSSR count). The molecule has 0 amide bonds. The zero-order valence-electron chi connectivity index (χ0n) is 8.45. The summed E-state index contributed by atoms with van der Waals surface area (Å²) in [4.78, 5) is 0. The number of benzene rings is 1. The lowest BCUT2D eigenvalue weighted by atomic mass is 9.95. The van der Waals surface area contributed by atoms with Crippen molar-refractivity contribution in [2.45, 2.75) is 31.7 Å². The molecule has 3 atom stereocenters. The molecule has 0 radical (unpaired) electrons. The molecule has 2 saturated carbocycles. The van der Waals surface area contributed by atoms with Gasteiger partial charge in [0.25, 0.3) is 0 Å². The van der Waals surface area contributed by atoms with Crippen LogP contribution in [0.25, 0.3) is 0 Å². The average molecular weight is 187 g/mol. The Morgan fingerprint density at radius 2 is 1.86 bits per heavy atom. The number of fused-ring (bicyclic) bond motifs is 2. The first-order valence-corrected chi connectivity index (χ1v) is 5.73. The number of rotatable bonds is 2. The predicted octanol–water partition coefficient (Wildman–Crippen LogP) is 3.29. The molecule has 0 unspecified atom stereocenters. The fraction of sp³-hybridized carbons (Fsp3) is 0.538. The highest BCUT2D eigenvalue weighted by molar-refractivity contribution is 5.44. The van der Waals surface area contributed by atoms with Gasteiger partial charge in [-0.15, -0.1) is 0 Å². The van der Waals surface area contributed by atoms with Crippen LogP contribution in [-0.4, -0.2) is 6.04 Å². The van der Waals surface area contributed by atoms with Crippen molar-refractivity contribution >= 4 is 5.69 Å². The van der Waals surface area contributed by atoms with Gasteiger partial charge in [-0.25, -0.2) is 0 Å². The summed E-state index contributed by atoms with van der Waals surface area (Å²) < 4.78 is 0. The molecular weight excluding hydrogens is 170 g/mol. The van der Waals surface area contributed by atoms with Crippen LogP contribution in [0.2, 0.25) is 0 Å². The second-order valence-electron chi connectivity index (χ2n) is 4.79. The van der Waals surface area contributed by atoms with Crippen LogP contribution in [0.5, 0.6) is 0 Å². The molecule has 2 fully saturated rings. The molecule has 2 aliphatic carbocycles. The lowest BCUT2D eigenvalue weighted by Crippen LogP contribution is -2.25. The Balaban J connectivity index is 1.69. The predicted molar refractivity (Wildman–Crippen MR) is 59.3 cm³/mol. The van der Waals surface area contributed by atoms with Crippen molar-refractivity contribution in [3.8, 4) is 0 Å². The highest BCUT2D eigenvalue weighted by Gasteiger charge is 2.39. The van der Waals surface area contributed by atoms with Crippen LogP contribution in [0, 0.1) is 11.8 Å². The Hall–Kier alpha value is -0.980. The molecule has 1 nitrogen and oxygen atoms in total. The van der Waals surface area contributed by atoms with E-state index in [9.17, 15) is 0 Å². The van der Waals surface area contributed by atoms with Crippen molar-refractivity contribution in [1.82, 2.24) is 0 Å². The van der Waals surface area contributed by atoms with Crippen molar-refractivity contribution in [1.29, 1.82) is 0 Å². The maximum absolute atomic E-state index is 3.67. The minimum absolute atomic E-state index is 0.760. The van der Waals surface area contributed by atoms with E-state index < -0.39 is 0 Å². The van der Waals surface area contributed by atoms with E-state index in [2.05, 4.69) is 35.6 Å². The van der Waals surface area contributed by atoms with E-state index >= 15 is 0 Å². The summed E-state index contributed by atoms with van der Waals surface area (Å²) >= 11 is 0. The summed E-state index contributed by atoms with van der Waals surface area (Å²) in [6.07, 6.45) is 5.82. The van der Waals surface area contributed by atoms with E-state index in [1.165, 1.54) is 31.4 Å². The summed E-state index contributed by atoms with van der Waals surface area (Å²) in [6, 6.07) is 11.4. The summed E-state index contributed by atoms with van der Waals surface area (Å²) in [6.45, 7) is 0. The number of anilines is 1. The van der Waals surface area contributed by atoms with Gasteiger partial charge in [-0.1, -0.05) is 24.6 Å². The number of hydrogen-bond acceptors (Lipinski definition) is 1. The van der Waals surface area contributed by atoms with Crippen molar-refractivity contribution in [2.24, 2.45) is 11.8 Å². The minimum Gasteiger partial charge on any atom is -0.382 e. The van der Waals surface area contributed by atoms with Gasteiger partial charge in [-0.05, 0) is 43.2 Å². The van der Waals surface area contributed by atoms with Gasteiger partial charge in [0, 0.05) is 11.7 Å². The first kappa shape index (κ1) is 8.34. The fourth-order valence-electron chi connectivity index (χ4n) is 3.17. The molecule has 1 aromatic carbocycles. The molecule has 0 aliphatic heterocycles. The Morgan fingerprint density at radius 3 is 2.50 bits per heavy atom. The Labute approximate surface area is 85.5 Å². The lowest BCUT2D eigenvalue weighted by molar-refractivity contribution is 0.440. The van der Waals surface area contributed by atoms with Gasteiger partial charge in [0.2, 0.25) is 0 Å². The van der Waals surface area contributed by atoms with Crippen LogP contribution < -0.4 is 5.32 Å². The molecule has 2 aliphatic rings. The third-order valence-electron chi connectivity index (χ3n) is 3.86. The highest BCUT2D eigenvalue weighted by Crippen LogP contribution is 2.45. The van der Waals surface area contributed by atoms with Gasteiger partial charge < -0.3 is 5.32 Å². The van der Waals surface area contributed by atoms with Gasteiger partial charge in [0.1, 0.15) is 0 Å². The molecule has 0 heterocycles. The van der Waals surface area contributed by atoms with Crippen molar-refractivity contribution < 1.29 is 0 Å².